The second-order valence-electron chi connectivity index (χ2n) is 9.36. The lowest BCUT2D eigenvalue weighted by molar-refractivity contribution is -0.143. The zero-order chi connectivity index (χ0) is 19.2. The van der Waals surface area contributed by atoms with Crippen LogP contribution in [0, 0.1) is 47.3 Å². The Hall–Kier alpha value is -2.24. The Balaban J connectivity index is 1.05. The molecule has 6 nitrogen and oxygen atoms in total. The Bertz CT molecular complexity index is 731. The molecular formula is C22H24N2O4. The summed E-state index contributed by atoms with van der Waals surface area (Å²) in [5.74, 6) is 0.291. The quantitative estimate of drug-likeness (QED) is 0.410. The number of allylic oxidation sites excluding steroid dienone is 4. The van der Waals surface area contributed by atoms with Gasteiger partial charge in [-0.05, 0) is 49.4 Å². The zero-order valence-corrected chi connectivity index (χ0v) is 15.7. The lowest BCUT2D eigenvalue weighted by atomic mass is 9.85. The average molecular weight is 380 g/mol. The molecule has 2 heterocycles. The highest BCUT2D eigenvalue weighted by Crippen LogP contribution is 2.53. The van der Waals surface area contributed by atoms with Crippen LogP contribution in [0.5, 0.6) is 0 Å². The van der Waals surface area contributed by atoms with Crippen LogP contribution in [0.4, 0.5) is 0 Å². The molecule has 0 aromatic carbocycles. The highest BCUT2D eigenvalue weighted by molar-refractivity contribution is 6.07. The minimum absolute atomic E-state index is 0.0163. The van der Waals surface area contributed by atoms with Crippen LogP contribution < -0.4 is 0 Å². The van der Waals surface area contributed by atoms with Gasteiger partial charge in [-0.2, -0.15) is 0 Å². The molecule has 0 spiro atoms. The van der Waals surface area contributed by atoms with Crippen molar-refractivity contribution in [3.63, 3.8) is 0 Å². The number of nitrogens with zero attached hydrogens (tertiary/aromatic N) is 2. The number of amides is 4. The average Bonchev–Trinajstić information content (AvgIpc) is 3.49. The van der Waals surface area contributed by atoms with Crippen molar-refractivity contribution >= 4 is 23.6 Å². The maximum Gasteiger partial charge on any atom is 0.233 e. The van der Waals surface area contributed by atoms with E-state index in [1.54, 1.807) is 0 Å². The minimum atomic E-state index is -0.147. The fourth-order valence-electron chi connectivity index (χ4n) is 6.91. The van der Waals surface area contributed by atoms with Gasteiger partial charge in [0.05, 0.1) is 23.7 Å². The van der Waals surface area contributed by atoms with E-state index in [-0.39, 0.29) is 71.0 Å². The van der Waals surface area contributed by atoms with Gasteiger partial charge in [0.1, 0.15) is 0 Å². The van der Waals surface area contributed by atoms with Crippen molar-refractivity contribution in [3.05, 3.63) is 24.3 Å². The van der Waals surface area contributed by atoms with Gasteiger partial charge in [-0.15, -0.1) is 0 Å². The summed E-state index contributed by atoms with van der Waals surface area (Å²) < 4.78 is 0. The van der Waals surface area contributed by atoms with Crippen LogP contribution in [0.15, 0.2) is 24.3 Å². The van der Waals surface area contributed by atoms with Crippen molar-refractivity contribution in [2.45, 2.75) is 25.7 Å². The van der Waals surface area contributed by atoms with Gasteiger partial charge in [0, 0.05) is 13.1 Å². The van der Waals surface area contributed by atoms with Gasteiger partial charge in [-0.3, -0.25) is 29.0 Å². The molecule has 28 heavy (non-hydrogen) atoms. The summed E-state index contributed by atoms with van der Waals surface area (Å²) in [5, 5.41) is 0. The van der Waals surface area contributed by atoms with Crippen LogP contribution >= 0.6 is 0 Å². The number of carbonyl (C=O) groups excluding carboxylic acids is 4. The van der Waals surface area contributed by atoms with E-state index in [4.69, 9.17) is 0 Å². The van der Waals surface area contributed by atoms with Gasteiger partial charge in [-0.1, -0.05) is 24.3 Å². The zero-order valence-electron chi connectivity index (χ0n) is 15.7. The first-order valence-electron chi connectivity index (χ1n) is 10.6. The van der Waals surface area contributed by atoms with Crippen molar-refractivity contribution in [2.24, 2.45) is 47.3 Å². The van der Waals surface area contributed by atoms with E-state index in [2.05, 4.69) is 24.3 Å². The summed E-state index contributed by atoms with van der Waals surface area (Å²) in [4.78, 5) is 53.7. The van der Waals surface area contributed by atoms with Crippen molar-refractivity contribution < 1.29 is 19.2 Å². The lowest BCUT2D eigenvalue weighted by Gasteiger charge is -2.19. The van der Waals surface area contributed by atoms with Crippen molar-refractivity contribution in [2.75, 3.05) is 13.1 Å². The van der Waals surface area contributed by atoms with Crippen LogP contribution in [0.3, 0.4) is 0 Å². The number of imide groups is 2. The van der Waals surface area contributed by atoms with Crippen molar-refractivity contribution in [3.8, 4) is 0 Å². The lowest BCUT2D eigenvalue weighted by Crippen LogP contribution is -2.36. The van der Waals surface area contributed by atoms with Gasteiger partial charge < -0.3 is 0 Å². The molecule has 6 aliphatic rings. The topological polar surface area (TPSA) is 74.8 Å². The third-order valence-corrected chi connectivity index (χ3v) is 8.14. The second kappa shape index (κ2) is 5.65. The molecule has 4 amide bonds. The standard InChI is InChI=1S/C22H24N2O4/c25-19-15-11-3-4-12(9-11)16(15)20(26)23(19)7-1-2-8-24-21(27)17-13-5-6-14(10-13)18(17)22(24)28/h3-6,11-18H,1-2,7-10H2/t11-,12-,13+,14+,15-,16+,17-,18+. The summed E-state index contributed by atoms with van der Waals surface area (Å²) in [7, 11) is 0. The molecule has 0 unspecified atom stereocenters. The third kappa shape index (κ3) is 1.98. The van der Waals surface area contributed by atoms with Crippen LogP contribution in [0.1, 0.15) is 25.7 Å². The summed E-state index contributed by atoms with van der Waals surface area (Å²) in [5.41, 5.74) is 0. The highest BCUT2D eigenvalue weighted by atomic mass is 16.2. The third-order valence-electron chi connectivity index (χ3n) is 8.14. The molecular weight excluding hydrogens is 356 g/mol. The van der Waals surface area contributed by atoms with Crippen molar-refractivity contribution in [1.29, 1.82) is 0 Å². The normalized spacial score (nSPS) is 44.6. The van der Waals surface area contributed by atoms with Gasteiger partial charge in [0.2, 0.25) is 23.6 Å². The van der Waals surface area contributed by atoms with Crippen LogP contribution in [0.25, 0.3) is 0 Å². The molecule has 2 aliphatic heterocycles. The number of carbonyl (C=O) groups is 4. The molecule has 0 aromatic heterocycles. The second-order valence-corrected chi connectivity index (χ2v) is 9.36. The SMILES string of the molecule is O=C1[C@@H]2[C@H](C(=O)N1CCCCN1C(=O)[C@@H]3[C@H](C1=O)[C@H]1C=C[C@H]3C1)[C@@H]1C=C[C@@H]2C1. The Kier molecular flexibility index (Phi) is 3.37. The highest BCUT2D eigenvalue weighted by Gasteiger charge is 2.60. The molecule has 0 N–H and O–H groups in total. The number of likely N-dealkylation sites (tertiary alicyclic amines) is 2. The molecule has 2 saturated heterocycles. The molecule has 6 rings (SSSR count). The van der Waals surface area contributed by atoms with E-state index in [0.717, 1.165) is 12.8 Å². The summed E-state index contributed by atoms with van der Waals surface area (Å²) in [6, 6.07) is 0. The molecule has 6 heteroatoms. The van der Waals surface area contributed by atoms with E-state index < -0.39 is 0 Å². The number of rotatable bonds is 5. The molecule has 4 aliphatic carbocycles. The maximum absolute atomic E-state index is 12.7. The molecule has 8 atom stereocenters. The predicted octanol–water partition coefficient (Wildman–Crippen LogP) is 1.38. The van der Waals surface area contributed by atoms with Gasteiger partial charge >= 0.3 is 0 Å². The van der Waals surface area contributed by atoms with Gasteiger partial charge in [-0.25, -0.2) is 0 Å². The van der Waals surface area contributed by atoms with Crippen LogP contribution in [-0.4, -0.2) is 46.5 Å². The van der Waals surface area contributed by atoms with Gasteiger partial charge in [0.15, 0.2) is 0 Å². The summed E-state index contributed by atoms with van der Waals surface area (Å²) in [6.45, 7) is 0.806. The van der Waals surface area contributed by atoms with Crippen LogP contribution in [-0.2, 0) is 19.2 Å². The number of unbranched alkanes of at least 4 members (excludes halogenated alkanes) is 1. The van der Waals surface area contributed by atoms with E-state index >= 15 is 0 Å². The number of hydrogen-bond acceptors (Lipinski definition) is 4. The van der Waals surface area contributed by atoms with E-state index in [9.17, 15) is 19.2 Å². The monoisotopic (exact) mass is 380 g/mol. The molecule has 4 fully saturated rings. The van der Waals surface area contributed by atoms with E-state index in [0.29, 0.717) is 25.9 Å². The molecule has 2 saturated carbocycles. The molecule has 4 bridgehead atoms. The smallest absolute Gasteiger partial charge is 0.233 e. The maximum atomic E-state index is 12.7. The largest absolute Gasteiger partial charge is 0.282 e. The Morgan fingerprint density at radius 1 is 0.571 bits per heavy atom. The summed E-state index contributed by atoms with van der Waals surface area (Å²) >= 11 is 0. The van der Waals surface area contributed by atoms with Gasteiger partial charge in [0.25, 0.3) is 0 Å². The van der Waals surface area contributed by atoms with Crippen molar-refractivity contribution in [1.82, 2.24) is 9.80 Å². The first-order valence-corrected chi connectivity index (χ1v) is 10.6. The fraction of sp³-hybridized carbons (Fsp3) is 0.636. The fourth-order valence-corrected chi connectivity index (χ4v) is 6.91. The first kappa shape index (κ1) is 16.7. The Morgan fingerprint density at radius 3 is 1.14 bits per heavy atom. The number of fused-ring (bicyclic) bond motifs is 10. The van der Waals surface area contributed by atoms with Crippen LogP contribution in [0.2, 0.25) is 0 Å². The molecule has 0 radical (unpaired) electrons. The van der Waals surface area contributed by atoms with E-state index in [1.165, 1.54) is 9.80 Å². The predicted molar refractivity (Wildman–Crippen MR) is 98.1 cm³/mol. The number of hydrogen-bond donors (Lipinski definition) is 0. The Labute approximate surface area is 163 Å². The van der Waals surface area contributed by atoms with E-state index in [1.807, 2.05) is 0 Å². The molecule has 146 valence electrons. The Morgan fingerprint density at radius 2 is 0.857 bits per heavy atom. The minimum Gasteiger partial charge on any atom is -0.282 e. The summed E-state index contributed by atoms with van der Waals surface area (Å²) in [6.07, 6.45) is 11.6. The first-order chi connectivity index (χ1) is 13.6. The molecule has 0 aromatic rings.